The molecule has 2 saturated heterocycles. The SMILES string of the molecule is CC1(C)O[C@@H]2[C@H](O1)[C@@H](CN(CCCNC(=O)Nc1ccc(C(C)(C)C)cc1)S(C)(=O)=O)O[C@H]2n1cnc2c(N)ncnc21. The maximum Gasteiger partial charge on any atom is 0.319 e. The fourth-order valence-electron chi connectivity index (χ4n) is 5.37. The summed E-state index contributed by atoms with van der Waals surface area (Å²) in [6.45, 7) is 10.5. The summed E-state index contributed by atoms with van der Waals surface area (Å²) in [6.07, 6.45) is 2.02. The number of rotatable bonds is 9. The number of nitrogens with two attached hydrogens (primary N) is 1. The van der Waals surface area contributed by atoms with E-state index in [1.54, 1.807) is 24.7 Å². The average Bonchev–Trinajstić information content (AvgIpc) is 3.56. The zero-order valence-electron chi connectivity index (χ0n) is 25.3. The third kappa shape index (κ3) is 6.91. The van der Waals surface area contributed by atoms with Crippen molar-refractivity contribution < 1.29 is 27.4 Å². The molecule has 2 amide bonds. The number of hydrogen-bond acceptors (Lipinski definition) is 10. The molecule has 0 saturated carbocycles. The van der Waals surface area contributed by atoms with E-state index in [0.717, 1.165) is 6.26 Å². The van der Waals surface area contributed by atoms with Crippen LogP contribution in [0.3, 0.4) is 0 Å². The van der Waals surface area contributed by atoms with Crippen molar-refractivity contribution in [3.05, 3.63) is 42.5 Å². The molecule has 2 fully saturated rings. The number of imidazole rings is 1. The average molecular weight is 617 g/mol. The summed E-state index contributed by atoms with van der Waals surface area (Å²) >= 11 is 0. The van der Waals surface area contributed by atoms with Gasteiger partial charge in [-0.3, -0.25) is 4.57 Å². The van der Waals surface area contributed by atoms with Crippen LogP contribution >= 0.6 is 0 Å². The number of sulfonamides is 1. The van der Waals surface area contributed by atoms with Crippen LogP contribution in [-0.4, -0.2) is 88.3 Å². The summed E-state index contributed by atoms with van der Waals surface area (Å²) in [4.78, 5) is 25.1. The van der Waals surface area contributed by atoms with Crippen molar-refractivity contribution in [1.82, 2.24) is 29.1 Å². The highest BCUT2D eigenvalue weighted by Crippen LogP contribution is 2.44. The van der Waals surface area contributed by atoms with E-state index < -0.39 is 40.4 Å². The van der Waals surface area contributed by atoms with Crippen molar-refractivity contribution in [3.63, 3.8) is 0 Å². The van der Waals surface area contributed by atoms with Gasteiger partial charge in [-0.15, -0.1) is 0 Å². The molecule has 14 nitrogen and oxygen atoms in total. The Hall–Kier alpha value is -3.37. The Kier molecular flexibility index (Phi) is 8.39. The van der Waals surface area contributed by atoms with E-state index in [2.05, 4.69) is 46.4 Å². The summed E-state index contributed by atoms with van der Waals surface area (Å²) in [5.74, 6) is -0.664. The van der Waals surface area contributed by atoms with Crippen LogP contribution in [0.1, 0.15) is 52.8 Å². The zero-order valence-corrected chi connectivity index (χ0v) is 26.1. The molecule has 2 aliphatic heterocycles. The molecule has 2 aliphatic rings. The number of ether oxygens (including phenoxy) is 3. The van der Waals surface area contributed by atoms with E-state index in [9.17, 15) is 13.2 Å². The van der Waals surface area contributed by atoms with Crippen molar-refractivity contribution in [3.8, 4) is 0 Å². The van der Waals surface area contributed by atoms with Gasteiger partial charge < -0.3 is 30.6 Å². The van der Waals surface area contributed by atoms with Crippen molar-refractivity contribution in [1.29, 1.82) is 0 Å². The largest absolute Gasteiger partial charge is 0.382 e. The quantitative estimate of drug-likeness (QED) is 0.303. The molecule has 2 aromatic heterocycles. The molecule has 0 radical (unpaired) electrons. The molecule has 5 rings (SSSR count). The maximum absolute atomic E-state index is 12.8. The highest BCUT2D eigenvalue weighted by Gasteiger charge is 2.56. The number of nitrogens with one attached hydrogen (secondary N) is 2. The number of nitrogens with zero attached hydrogens (tertiary/aromatic N) is 5. The number of benzene rings is 1. The monoisotopic (exact) mass is 616 g/mol. The zero-order chi connectivity index (χ0) is 31.2. The Morgan fingerprint density at radius 3 is 2.49 bits per heavy atom. The highest BCUT2D eigenvalue weighted by atomic mass is 32.2. The Bertz CT molecular complexity index is 1570. The van der Waals surface area contributed by atoms with Crippen molar-refractivity contribution >= 4 is 38.7 Å². The second-order valence-corrected chi connectivity index (χ2v) is 14.4. The topological polar surface area (TPSA) is 176 Å². The third-order valence-corrected chi connectivity index (χ3v) is 8.79. The van der Waals surface area contributed by atoms with Gasteiger partial charge in [0, 0.05) is 25.3 Å². The molecule has 4 heterocycles. The lowest BCUT2D eigenvalue weighted by Gasteiger charge is -2.28. The van der Waals surface area contributed by atoms with Crippen molar-refractivity contribution in [2.75, 3.05) is 36.9 Å². The Labute approximate surface area is 251 Å². The summed E-state index contributed by atoms with van der Waals surface area (Å²) in [6, 6.07) is 7.32. The fourth-order valence-corrected chi connectivity index (χ4v) is 6.24. The van der Waals surface area contributed by atoms with E-state index in [1.807, 2.05) is 24.3 Å². The van der Waals surface area contributed by atoms with Crippen molar-refractivity contribution in [2.45, 2.75) is 76.8 Å². The number of anilines is 2. The lowest BCUT2D eigenvalue weighted by Crippen LogP contribution is -2.43. The van der Waals surface area contributed by atoms with Gasteiger partial charge in [0.2, 0.25) is 10.0 Å². The Morgan fingerprint density at radius 2 is 1.81 bits per heavy atom. The van der Waals surface area contributed by atoms with Crippen LogP contribution < -0.4 is 16.4 Å². The molecule has 3 aromatic rings. The predicted octanol–water partition coefficient (Wildman–Crippen LogP) is 2.60. The lowest BCUT2D eigenvalue weighted by atomic mass is 9.87. The van der Waals surface area contributed by atoms with Crippen LogP contribution in [0.15, 0.2) is 36.9 Å². The molecule has 43 heavy (non-hydrogen) atoms. The summed E-state index contributed by atoms with van der Waals surface area (Å²) in [7, 11) is -3.61. The number of hydrogen-bond donors (Lipinski definition) is 3. The van der Waals surface area contributed by atoms with Gasteiger partial charge in [-0.2, -0.15) is 4.31 Å². The van der Waals surface area contributed by atoms with Crippen LogP contribution in [0, 0.1) is 0 Å². The summed E-state index contributed by atoms with van der Waals surface area (Å²) in [5.41, 5.74) is 8.72. The fraction of sp³-hybridized carbons (Fsp3) is 0.571. The van der Waals surface area contributed by atoms with Gasteiger partial charge >= 0.3 is 6.03 Å². The molecule has 0 aliphatic carbocycles. The second-order valence-electron chi connectivity index (χ2n) is 12.4. The van der Waals surface area contributed by atoms with Gasteiger partial charge in [-0.05, 0) is 43.4 Å². The van der Waals surface area contributed by atoms with Crippen LogP contribution in [0.25, 0.3) is 11.2 Å². The number of nitrogen functional groups attached to an aromatic ring is 1. The van der Waals surface area contributed by atoms with Gasteiger partial charge in [0.25, 0.3) is 0 Å². The standard InChI is InChI=1S/C28H40N8O6S/c1-27(2,3)17-8-10-18(11-9-17)34-26(37)30-12-7-13-35(43(6,38)39)14-19-21-22(42-28(4,5)41-21)25(40-19)36-16-33-20-23(29)31-15-32-24(20)36/h8-11,15-16,19,21-22,25H,7,12-14H2,1-6H3,(H2,29,31,32)(H2,30,34,37)/t19-,21-,22-,25-/m1/s1. The number of aromatic nitrogens is 4. The van der Waals surface area contributed by atoms with E-state index >= 15 is 0 Å². The first-order chi connectivity index (χ1) is 20.1. The normalized spacial score (nSPS) is 23.5. The van der Waals surface area contributed by atoms with E-state index in [-0.39, 0.29) is 36.9 Å². The molecule has 0 bridgehead atoms. The minimum absolute atomic E-state index is 0.0160. The number of amides is 2. The van der Waals surface area contributed by atoms with Crippen LogP contribution in [0.4, 0.5) is 16.3 Å². The van der Waals surface area contributed by atoms with Gasteiger partial charge in [-0.25, -0.2) is 28.2 Å². The smallest absolute Gasteiger partial charge is 0.319 e. The minimum Gasteiger partial charge on any atom is -0.382 e. The second kappa shape index (κ2) is 11.6. The summed E-state index contributed by atoms with van der Waals surface area (Å²) in [5, 5.41) is 5.60. The predicted molar refractivity (Wildman–Crippen MR) is 161 cm³/mol. The first-order valence-corrected chi connectivity index (χ1v) is 16.0. The number of carbonyl (C=O) groups is 1. The van der Waals surface area contributed by atoms with Gasteiger partial charge in [-0.1, -0.05) is 32.9 Å². The minimum atomic E-state index is -3.61. The van der Waals surface area contributed by atoms with Gasteiger partial charge in [0.15, 0.2) is 23.5 Å². The van der Waals surface area contributed by atoms with Crippen LogP contribution in [0.5, 0.6) is 0 Å². The Morgan fingerprint density at radius 1 is 1.12 bits per heavy atom. The Balaban J connectivity index is 1.21. The number of carbonyl (C=O) groups excluding carboxylic acids is 1. The molecule has 0 spiro atoms. The first kappa shape index (κ1) is 31.1. The van der Waals surface area contributed by atoms with Crippen LogP contribution in [-0.2, 0) is 29.6 Å². The highest BCUT2D eigenvalue weighted by molar-refractivity contribution is 7.88. The lowest BCUT2D eigenvalue weighted by molar-refractivity contribution is -0.196. The van der Waals surface area contributed by atoms with Crippen LogP contribution in [0.2, 0.25) is 0 Å². The van der Waals surface area contributed by atoms with E-state index in [1.165, 1.54) is 16.2 Å². The third-order valence-electron chi connectivity index (χ3n) is 7.52. The molecular weight excluding hydrogens is 576 g/mol. The maximum atomic E-state index is 12.8. The molecule has 4 atom stereocenters. The van der Waals surface area contributed by atoms with Gasteiger partial charge in [0.05, 0.1) is 12.6 Å². The number of urea groups is 1. The summed E-state index contributed by atoms with van der Waals surface area (Å²) < 4.78 is 47.3. The molecule has 4 N–H and O–H groups in total. The van der Waals surface area contributed by atoms with E-state index in [4.69, 9.17) is 19.9 Å². The molecular formula is C28H40N8O6S. The van der Waals surface area contributed by atoms with E-state index in [0.29, 0.717) is 23.3 Å². The number of fused-ring (bicyclic) bond motifs is 2. The van der Waals surface area contributed by atoms with Crippen molar-refractivity contribution in [2.24, 2.45) is 0 Å². The molecule has 0 unspecified atom stereocenters. The molecule has 234 valence electrons. The molecule has 1 aromatic carbocycles. The van der Waals surface area contributed by atoms with Gasteiger partial charge in [0.1, 0.15) is 30.2 Å². The molecule has 15 heteroatoms. The first-order valence-electron chi connectivity index (χ1n) is 14.2.